The lowest BCUT2D eigenvalue weighted by Crippen LogP contribution is -1.97. The lowest BCUT2D eigenvalue weighted by atomic mass is 9.95. The Morgan fingerprint density at radius 2 is 1.38 bits per heavy atom. The second-order valence-corrected chi connectivity index (χ2v) is 10.6. The molecule has 0 radical (unpaired) electrons. The fourth-order valence-corrected chi connectivity index (χ4v) is 6.20. The Hall–Kier alpha value is -5.15. The molecule has 3 aromatic heterocycles. The van der Waals surface area contributed by atoms with Gasteiger partial charge in [0.25, 0.3) is 0 Å². The molecule has 0 unspecified atom stereocenters. The lowest BCUT2D eigenvalue weighted by Gasteiger charge is -2.13. The van der Waals surface area contributed by atoms with E-state index in [9.17, 15) is 0 Å². The highest BCUT2D eigenvalue weighted by molar-refractivity contribution is 6.12. The lowest BCUT2D eigenvalue weighted by molar-refractivity contribution is 1.05. The second-order valence-electron chi connectivity index (χ2n) is 10.6. The molecule has 3 heterocycles. The first-order valence-corrected chi connectivity index (χ1v) is 13.7. The molecule has 0 atom stereocenters. The summed E-state index contributed by atoms with van der Waals surface area (Å²) in [5.41, 5.74) is 10.6. The first kappa shape index (κ1) is 22.8. The first-order valence-electron chi connectivity index (χ1n) is 13.7. The van der Waals surface area contributed by atoms with Crippen LogP contribution in [0.15, 0.2) is 128 Å². The average Bonchev–Trinajstić information content (AvgIpc) is 3.55. The summed E-state index contributed by atoms with van der Waals surface area (Å²) in [5, 5.41) is 6.35. The zero-order valence-electron chi connectivity index (χ0n) is 22.5. The Morgan fingerprint density at radius 3 is 2.23 bits per heavy atom. The van der Waals surface area contributed by atoms with E-state index in [2.05, 4.69) is 126 Å². The molecular weight excluding hydrogens is 486 g/mol. The van der Waals surface area contributed by atoms with Crippen LogP contribution < -0.4 is 0 Å². The summed E-state index contributed by atoms with van der Waals surface area (Å²) in [7, 11) is 0. The molecule has 0 saturated carbocycles. The van der Waals surface area contributed by atoms with Crippen LogP contribution in [0.5, 0.6) is 0 Å². The van der Waals surface area contributed by atoms with Crippen molar-refractivity contribution < 1.29 is 0 Å². The minimum Gasteiger partial charge on any atom is -0.313 e. The van der Waals surface area contributed by atoms with Gasteiger partial charge in [-0.3, -0.25) is 0 Å². The molecular formula is C37H27N3. The Bertz CT molecular complexity index is 2200. The average molecular weight is 514 g/mol. The number of aryl methyl sites for hydroxylation is 1. The van der Waals surface area contributed by atoms with Crippen LogP contribution in [0, 0.1) is 13.8 Å². The summed E-state index contributed by atoms with van der Waals surface area (Å²) in [6, 6.07) is 41.5. The molecule has 0 spiro atoms. The molecule has 0 bridgehead atoms. The van der Waals surface area contributed by atoms with E-state index in [1.54, 1.807) is 0 Å². The second kappa shape index (κ2) is 8.69. The normalized spacial score (nSPS) is 11.8. The maximum atomic E-state index is 4.80. The van der Waals surface area contributed by atoms with Gasteiger partial charge >= 0.3 is 0 Å². The van der Waals surface area contributed by atoms with Crippen molar-refractivity contribution in [3.8, 4) is 28.1 Å². The smallest absolute Gasteiger partial charge is 0.137 e. The molecule has 0 aliphatic carbocycles. The third-order valence-electron chi connectivity index (χ3n) is 8.39. The van der Waals surface area contributed by atoms with E-state index in [4.69, 9.17) is 4.98 Å². The van der Waals surface area contributed by atoms with E-state index >= 15 is 0 Å². The van der Waals surface area contributed by atoms with Crippen molar-refractivity contribution in [3.05, 3.63) is 139 Å². The van der Waals surface area contributed by atoms with Crippen LogP contribution in [0.2, 0.25) is 0 Å². The predicted molar refractivity (Wildman–Crippen MR) is 167 cm³/mol. The topological polar surface area (TPSA) is 22.2 Å². The van der Waals surface area contributed by atoms with Crippen LogP contribution in [-0.4, -0.2) is 14.0 Å². The number of benzene rings is 5. The molecule has 190 valence electrons. The fourth-order valence-electron chi connectivity index (χ4n) is 6.20. The van der Waals surface area contributed by atoms with Crippen LogP contribution in [-0.2, 0) is 0 Å². The van der Waals surface area contributed by atoms with Crippen LogP contribution in [0.1, 0.15) is 11.3 Å². The number of pyridine rings is 1. The number of hydrogen-bond donors (Lipinski definition) is 0. The number of fused-ring (bicyclic) bond motifs is 5. The fraction of sp³-hybridized carbons (Fsp3) is 0.0541. The highest BCUT2D eigenvalue weighted by atomic mass is 15.0. The summed E-state index contributed by atoms with van der Waals surface area (Å²) in [5.74, 6) is 0. The molecule has 0 aliphatic rings. The number of imidazole rings is 1. The number of hydrogen-bond acceptors (Lipinski definition) is 1. The highest BCUT2D eigenvalue weighted by Gasteiger charge is 2.17. The number of aromatic nitrogens is 3. The SMILES string of the molecule is Cc1c(C)n(-c2ccc3ccccc3c2)c2c1ccc1c(-c3ccc(-c4cn5ccccc5n4)cc3)cccc12. The molecule has 5 aromatic carbocycles. The molecule has 0 aliphatic heterocycles. The molecule has 8 rings (SSSR count). The van der Waals surface area contributed by atoms with E-state index in [0.29, 0.717) is 0 Å². The summed E-state index contributed by atoms with van der Waals surface area (Å²) in [6.07, 6.45) is 4.12. The van der Waals surface area contributed by atoms with Gasteiger partial charge in [-0.15, -0.1) is 0 Å². The van der Waals surface area contributed by atoms with Crippen molar-refractivity contribution in [1.29, 1.82) is 0 Å². The van der Waals surface area contributed by atoms with Gasteiger partial charge in [0.1, 0.15) is 5.65 Å². The van der Waals surface area contributed by atoms with Crippen LogP contribution in [0.3, 0.4) is 0 Å². The van der Waals surface area contributed by atoms with Crippen molar-refractivity contribution in [2.24, 2.45) is 0 Å². The molecule has 3 heteroatoms. The van der Waals surface area contributed by atoms with Gasteiger partial charge in [-0.1, -0.05) is 91.0 Å². The van der Waals surface area contributed by atoms with Crippen LogP contribution in [0.4, 0.5) is 0 Å². The quantitative estimate of drug-likeness (QED) is 0.231. The summed E-state index contributed by atoms with van der Waals surface area (Å²) >= 11 is 0. The summed E-state index contributed by atoms with van der Waals surface area (Å²) in [4.78, 5) is 4.80. The first-order chi connectivity index (χ1) is 19.7. The van der Waals surface area contributed by atoms with Gasteiger partial charge in [-0.25, -0.2) is 4.98 Å². The van der Waals surface area contributed by atoms with Crippen molar-refractivity contribution in [2.45, 2.75) is 13.8 Å². The Labute approximate surface area is 232 Å². The van der Waals surface area contributed by atoms with Gasteiger partial charge in [0.05, 0.1) is 11.2 Å². The largest absolute Gasteiger partial charge is 0.313 e. The predicted octanol–water partition coefficient (Wildman–Crippen LogP) is 9.54. The Morgan fingerprint density at radius 1 is 0.600 bits per heavy atom. The van der Waals surface area contributed by atoms with E-state index in [1.807, 2.05) is 24.4 Å². The van der Waals surface area contributed by atoms with Crippen LogP contribution in [0.25, 0.3) is 66.2 Å². The van der Waals surface area contributed by atoms with Gasteiger partial charge in [-0.05, 0) is 71.0 Å². The zero-order chi connectivity index (χ0) is 26.8. The standard InChI is InChI=1S/C37H27N3/c1-24-25(2)40(30-18-17-26-8-3-4-9-29(26)22-30)37-31(24)19-20-33-32(10-7-11-34(33)37)27-13-15-28(16-14-27)35-23-39-21-6-5-12-36(39)38-35/h3-23H,1-2H3. The van der Waals surface area contributed by atoms with Crippen molar-refractivity contribution in [3.63, 3.8) is 0 Å². The minimum atomic E-state index is 0.958. The van der Waals surface area contributed by atoms with Crippen LogP contribution >= 0.6 is 0 Å². The molecule has 3 nitrogen and oxygen atoms in total. The van der Waals surface area contributed by atoms with Crippen molar-refractivity contribution >= 4 is 38.1 Å². The van der Waals surface area contributed by atoms with E-state index in [1.165, 1.54) is 60.5 Å². The summed E-state index contributed by atoms with van der Waals surface area (Å²) < 4.78 is 4.50. The maximum absolute atomic E-state index is 4.80. The Balaban J connectivity index is 1.29. The van der Waals surface area contributed by atoms with Gasteiger partial charge in [0, 0.05) is 40.1 Å². The summed E-state index contributed by atoms with van der Waals surface area (Å²) in [6.45, 7) is 4.47. The van der Waals surface area contributed by atoms with Crippen molar-refractivity contribution in [2.75, 3.05) is 0 Å². The van der Waals surface area contributed by atoms with Gasteiger partial charge < -0.3 is 8.97 Å². The molecule has 0 saturated heterocycles. The maximum Gasteiger partial charge on any atom is 0.137 e. The molecule has 40 heavy (non-hydrogen) atoms. The third kappa shape index (κ3) is 3.41. The van der Waals surface area contributed by atoms with E-state index < -0.39 is 0 Å². The number of rotatable bonds is 3. The van der Waals surface area contributed by atoms with E-state index in [-0.39, 0.29) is 0 Å². The minimum absolute atomic E-state index is 0.958. The van der Waals surface area contributed by atoms with Gasteiger partial charge in [0.15, 0.2) is 0 Å². The monoisotopic (exact) mass is 513 g/mol. The molecule has 0 amide bonds. The zero-order valence-corrected chi connectivity index (χ0v) is 22.5. The third-order valence-corrected chi connectivity index (χ3v) is 8.39. The Kier molecular flexibility index (Phi) is 4.95. The van der Waals surface area contributed by atoms with Gasteiger partial charge in [0.2, 0.25) is 0 Å². The number of nitrogens with zero attached hydrogens (tertiary/aromatic N) is 3. The van der Waals surface area contributed by atoms with Crippen molar-refractivity contribution in [1.82, 2.24) is 14.0 Å². The molecule has 0 N–H and O–H groups in total. The highest BCUT2D eigenvalue weighted by Crippen LogP contribution is 2.38. The molecule has 0 fully saturated rings. The van der Waals surface area contributed by atoms with E-state index in [0.717, 1.165) is 16.9 Å². The molecule has 8 aromatic rings. The van der Waals surface area contributed by atoms with Gasteiger partial charge in [-0.2, -0.15) is 0 Å².